The second kappa shape index (κ2) is 7.76. The molecule has 0 atom stereocenters. The predicted octanol–water partition coefficient (Wildman–Crippen LogP) is 0.314. The average Bonchev–Trinajstić information content (AvgIpc) is 3.20. The van der Waals surface area contributed by atoms with Crippen LogP contribution in [0.2, 0.25) is 0 Å². The van der Waals surface area contributed by atoms with Gasteiger partial charge in [0.1, 0.15) is 0 Å². The molecular weight excluding hydrogens is 248 g/mol. The van der Waals surface area contributed by atoms with Crippen LogP contribution in [0.25, 0.3) is 0 Å². The Morgan fingerprint density at radius 2 is 1.95 bits per heavy atom. The maximum Gasteiger partial charge on any atom is 0.307 e. The fourth-order valence-electron chi connectivity index (χ4n) is 1.78. The summed E-state index contributed by atoms with van der Waals surface area (Å²) < 4.78 is 4.58. The molecule has 0 saturated heterocycles. The fourth-order valence-corrected chi connectivity index (χ4v) is 1.78. The number of methoxy groups -OCH3 is 1. The normalized spacial score (nSPS) is 13.8. The van der Waals surface area contributed by atoms with E-state index < -0.39 is 0 Å². The molecule has 1 rings (SSSR count). The molecular formula is C13H22N2O4. The molecule has 0 spiro atoms. The van der Waals surface area contributed by atoms with Gasteiger partial charge in [0.05, 0.1) is 13.5 Å². The molecule has 108 valence electrons. The summed E-state index contributed by atoms with van der Waals surface area (Å²) in [5.74, 6) is -0.129. The first-order chi connectivity index (χ1) is 9.04. The van der Waals surface area contributed by atoms with Crippen LogP contribution in [-0.4, -0.2) is 49.4 Å². The van der Waals surface area contributed by atoms with Crippen LogP contribution < -0.4 is 5.32 Å². The zero-order valence-corrected chi connectivity index (χ0v) is 11.6. The van der Waals surface area contributed by atoms with E-state index in [1.165, 1.54) is 14.0 Å². The van der Waals surface area contributed by atoms with Gasteiger partial charge in [-0.1, -0.05) is 0 Å². The van der Waals surface area contributed by atoms with E-state index in [2.05, 4.69) is 10.1 Å². The molecule has 1 aliphatic rings. The van der Waals surface area contributed by atoms with Crippen LogP contribution in [0.4, 0.5) is 0 Å². The third kappa shape index (κ3) is 6.22. The van der Waals surface area contributed by atoms with E-state index in [9.17, 15) is 14.4 Å². The number of esters is 1. The Balaban J connectivity index is 2.33. The summed E-state index contributed by atoms with van der Waals surface area (Å²) >= 11 is 0. The summed E-state index contributed by atoms with van der Waals surface area (Å²) in [6.07, 6.45) is 2.80. The molecule has 0 aromatic rings. The topological polar surface area (TPSA) is 75.7 Å². The standard InChI is InChI=1S/C13H22N2O4/c1-10(16)14-7-3-8-15(9-6-12(17)19-2)13(18)11-4-5-11/h11H,3-9H2,1-2H3,(H,14,16). The lowest BCUT2D eigenvalue weighted by Gasteiger charge is -2.22. The number of nitrogens with zero attached hydrogens (tertiary/aromatic N) is 1. The highest BCUT2D eigenvalue weighted by molar-refractivity contribution is 5.81. The molecule has 0 unspecified atom stereocenters. The van der Waals surface area contributed by atoms with E-state index in [1.807, 2.05) is 0 Å². The van der Waals surface area contributed by atoms with Crippen LogP contribution in [-0.2, 0) is 19.1 Å². The summed E-state index contributed by atoms with van der Waals surface area (Å²) in [5, 5.41) is 2.69. The zero-order valence-electron chi connectivity index (χ0n) is 11.6. The Morgan fingerprint density at radius 3 is 2.47 bits per heavy atom. The van der Waals surface area contributed by atoms with Crippen LogP contribution in [0, 0.1) is 5.92 Å². The maximum atomic E-state index is 12.0. The lowest BCUT2D eigenvalue weighted by atomic mass is 10.2. The molecule has 0 aliphatic heterocycles. The lowest BCUT2D eigenvalue weighted by molar-refractivity contribution is -0.142. The highest BCUT2D eigenvalue weighted by atomic mass is 16.5. The molecule has 1 aliphatic carbocycles. The number of hydrogen-bond acceptors (Lipinski definition) is 4. The largest absolute Gasteiger partial charge is 0.469 e. The predicted molar refractivity (Wildman–Crippen MR) is 69.2 cm³/mol. The van der Waals surface area contributed by atoms with Gasteiger partial charge in [-0.3, -0.25) is 14.4 Å². The average molecular weight is 270 g/mol. The van der Waals surface area contributed by atoms with Crippen molar-refractivity contribution >= 4 is 17.8 Å². The Bertz CT molecular complexity index is 340. The van der Waals surface area contributed by atoms with Gasteiger partial charge in [-0.2, -0.15) is 0 Å². The maximum absolute atomic E-state index is 12.0. The van der Waals surface area contributed by atoms with Crippen molar-refractivity contribution in [3.8, 4) is 0 Å². The van der Waals surface area contributed by atoms with E-state index in [4.69, 9.17) is 0 Å². The van der Waals surface area contributed by atoms with Crippen LogP contribution in [0.5, 0.6) is 0 Å². The second-order valence-corrected chi connectivity index (χ2v) is 4.76. The van der Waals surface area contributed by atoms with Gasteiger partial charge < -0.3 is 15.0 Å². The van der Waals surface area contributed by atoms with Crippen LogP contribution >= 0.6 is 0 Å². The van der Waals surface area contributed by atoms with Crippen molar-refractivity contribution in [2.75, 3.05) is 26.7 Å². The summed E-state index contributed by atoms with van der Waals surface area (Å²) in [5.41, 5.74) is 0. The van der Waals surface area contributed by atoms with Crippen molar-refractivity contribution < 1.29 is 19.1 Å². The number of carbonyl (C=O) groups excluding carboxylic acids is 3. The third-order valence-corrected chi connectivity index (χ3v) is 3.03. The molecule has 1 saturated carbocycles. The number of nitrogens with one attached hydrogen (secondary N) is 1. The number of carbonyl (C=O) groups is 3. The minimum absolute atomic E-state index is 0.0744. The third-order valence-electron chi connectivity index (χ3n) is 3.03. The minimum atomic E-state index is -0.310. The van der Waals surface area contributed by atoms with Gasteiger partial charge in [0, 0.05) is 32.5 Å². The van der Waals surface area contributed by atoms with E-state index in [0.717, 1.165) is 12.8 Å². The molecule has 0 heterocycles. The highest BCUT2D eigenvalue weighted by Crippen LogP contribution is 2.31. The molecule has 0 aromatic carbocycles. The van der Waals surface area contributed by atoms with Crippen molar-refractivity contribution in [3.63, 3.8) is 0 Å². The molecule has 0 aromatic heterocycles. The first-order valence-electron chi connectivity index (χ1n) is 6.64. The van der Waals surface area contributed by atoms with Crippen molar-refractivity contribution in [3.05, 3.63) is 0 Å². The number of rotatable bonds is 8. The molecule has 19 heavy (non-hydrogen) atoms. The number of amides is 2. The Morgan fingerprint density at radius 1 is 1.26 bits per heavy atom. The van der Waals surface area contributed by atoms with Gasteiger partial charge >= 0.3 is 5.97 Å². The molecule has 0 radical (unpaired) electrons. The van der Waals surface area contributed by atoms with Gasteiger partial charge in [0.15, 0.2) is 0 Å². The van der Waals surface area contributed by atoms with Crippen molar-refractivity contribution in [2.45, 2.75) is 32.6 Å². The van der Waals surface area contributed by atoms with Crippen molar-refractivity contribution in [1.82, 2.24) is 10.2 Å². The first kappa shape index (κ1) is 15.5. The van der Waals surface area contributed by atoms with Gasteiger partial charge in [-0.15, -0.1) is 0 Å². The Kier molecular flexibility index (Phi) is 6.32. The van der Waals surface area contributed by atoms with Crippen molar-refractivity contribution in [2.24, 2.45) is 5.92 Å². The highest BCUT2D eigenvalue weighted by Gasteiger charge is 2.33. The summed E-state index contributed by atoms with van der Waals surface area (Å²) in [6, 6.07) is 0. The van der Waals surface area contributed by atoms with Crippen LogP contribution in [0.15, 0.2) is 0 Å². The molecule has 2 amide bonds. The monoisotopic (exact) mass is 270 g/mol. The van der Waals surface area contributed by atoms with Crippen LogP contribution in [0.1, 0.15) is 32.6 Å². The van der Waals surface area contributed by atoms with Gasteiger partial charge in [-0.25, -0.2) is 0 Å². The van der Waals surface area contributed by atoms with Crippen LogP contribution in [0.3, 0.4) is 0 Å². The SMILES string of the molecule is COC(=O)CCN(CCCNC(C)=O)C(=O)C1CC1. The molecule has 1 fully saturated rings. The van der Waals surface area contributed by atoms with E-state index in [0.29, 0.717) is 26.1 Å². The first-order valence-corrected chi connectivity index (χ1v) is 6.64. The smallest absolute Gasteiger partial charge is 0.307 e. The fraction of sp³-hybridized carbons (Fsp3) is 0.769. The second-order valence-electron chi connectivity index (χ2n) is 4.76. The molecule has 1 N–H and O–H groups in total. The molecule has 6 nitrogen and oxygen atoms in total. The number of hydrogen-bond donors (Lipinski definition) is 1. The van der Waals surface area contributed by atoms with Crippen molar-refractivity contribution in [1.29, 1.82) is 0 Å². The van der Waals surface area contributed by atoms with Gasteiger partial charge in [0.2, 0.25) is 11.8 Å². The molecule has 6 heteroatoms. The summed E-state index contributed by atoms with van der Waals surface area (Å²) in [7, 11) is 1.34. The van der Waals surface area contributed by atoms with E-state index in [-0.39, 0.29) is 30.1 Å². The van der Waals surface area contributed by atoms with Gasteiger partial charge in [0.25, 0.3) is 0 Å². The summed E-state index contributed by atoms with van der Waals surface area (Å²) in [4.78, 5) is 35.6. The zero-order chi connectivity index (χ0) is 14.3. The number of ether oxygens (including phenoxy) is 1. The van der Waals surface area contributed by atoms with Gasteiger partial charge in [-0.05, 0) is 19.3 Å². The quantitative estimate of drug-likeness (QED) is 0.509. The molecule has 0 bridgehead atoms. The minimum Gasteiger partial charge on any atom is -0.469 e. The summed E-state index contributed by atoms with van der Waals surface area (Å²) in [6.45, 7) is 2.96. The van der Waals surface area contributed by atoms with E-state index >= 15 is 0 Å². The Labute approximate surface area is 113 Å². The Hall–Kier alpha value is -1.59. The lowest BCUT2D eigenvalue weighted by Crippen LogP contribution is -2.36. The van der Waals surface area contributed by atoms with E-state index in [1.54, 1.807) is 4.90 Å².